The molecule has 0 fully saturated rings. The molecule has 1 aromatic heterocycles. The fourth-order valence-corrected chi connectivity index (χ4v) is 2.18. The van der Waals surface area contributed by atoms with E-state index in [-0.39, 0.29) is 11.7 Å². The van der Waals surface area contributed by atoms with E-state index in [1.165, 1.54) is 30.1 Å². The van der Waals surface area contributed by atoms with Gasteiger partial charge in [-0.1, -0.05) is 29.8 Å². The number of carbonyl (C=O) groups excluding carboxylic acids is 1. The lowest BCUT2D eigenvalue weighted by atomic mass is 10.1. The van der Waals surface area contributed by atoms with Gasteiger partial charge in [0.25, 0.3) is 5.91 Å². The molecule has 0 bridgehead atoms. The van der Waals surface area contributed by atoms with Crippen LogP contribution in [0, 0.1) is 12.7 Å². The lowest BCUT2D eigenvalue weighted by Gasteiger charge is -2.06. The van der Waals surface area contributed by atoms with E-state index in [0.29, 0.717) is 23.5 Å². The van der Waals surface area contributed by atoms with E-state index in [4.69, 9.17) is 0 Å². The number of amides is 1. The van der Waals surface area contributed by atoms with Gasteiger partial charge in [0.05, 0.1) is 5.56 Å². The Bertz CT molecular complexity index is 828. The van der Waals surface area contributed by atoms with Gasteiger partial charge in [-0.15, -0.1) is 0 Å². The van der Waals surface area contributed by atoms with Crippen LogP contribution in [0.15, 0.2) is 60.9 Å². The maximum Gasteiger partial charge on any atom is 0.254 e. The predicted octanol–water partition coefficient (Wildman–Crippen LogP) is 3.52. The normalized spacial score (nSPS) is 10.4. The Morgan fingerprint density at radius 3 is 2.25 bits per heavy atom. The summed E-state index contributed by atoms with van der Waals surface area (Å²) in [5.41, 5.74) is 3.28. The number of nitrogens with zero attached hydrogens (tertiary/aromatic N) is 2. The fourth-order valence-electron chi connectivity index (χ4n) is 2.18. The Balaban J connectivity index is 1.65. The molecule has 0 aliphatic heterocycles. The van der Waals surface area contributed by atoms with Crippen molar-refractivity contribution in [3.8, 4) is 11.4 Å². The van der Waals surface area contributed by atoms with Crippen LogP contribution < -0.4 is 5.32 Å². The number of hydrogen-bond donors (Lipinski definition) is 1. The van der Waals surface area contributed by atoms with Crippen LogP contribution in [0.25, 0.3) is 11.4 Å². The molecule has 1 amide bonds. The summed E-state index contributed by atoms with van der Waals surface area (Å²) >= 11 is 0. The van der Waals surface area contributed by atoms with Gasteiger partial charge in [0.1, 0.15) is 5.82 Å². The van der Waals surface area contributed by atoms with Gasteiger partial charge in [0.15, 0.2) is 5.82 Å². The first kappa shape index (κ1) is 15.8. The topological polar surface area (TPSA) is 54.9 Å². The van der Waals surface area contributed by atoms with Gasteiger partial charge in [-0.25, -0.2) is 14.4 Å². The molecule has 3 rings (SSSR count). The van der Waals surface area contributed by atoms with Crippen LogP contribution in [-0.4, -0.2) is 15.9 Å². The first-order valence-corrected chi connectivity index (χ1v) is 7.53. The van der Waals surface area contributed by atoms with E-state index in [9.17, 15) is 9.18 Å². The van der Waals surface area contributed by atoms with E-state index in [1.807, 2.05) is 31.2 Å². The van der Waals surface area contributed by atoms with E-state index < -0.39 is 0 Å². The highest BCUT2D eigenvalue weighted by atomic mass is 19.1. The predicted molar refractivity (Wildman–Crippen MR) is 89.8 cm³/mol. The summed E-state index contributed by atoms with van der Waals surface area (Å²) in [5.74, 6) is -0.0998. The molecule has 3 aromatic rings. The van der Waals surface area contributed by atoms with Gasteiger partial charge in [-0.2, -0.15) is 0 Å². The highest BCUT2D eigenvalue weighted by molar-refractivity contribution is 5.93. The van der Waals surface area contributed by atoms with Crippen LogP contribution in [0.5, 0.6) is 0 Å². The van der Waals surface area contributed by atoms with Crippen molar-refractivity contribution in [1.82, 2.24) is 15.3 Å². The Morgan fingerprint density at radius 1 is 1.00 bits per heavy atom. The molecule has 120 valence electrons. The van der Waals surface area contributed by atoms with Gasteiger partial charge in [0, 0.05) is 24.5 Å². The van der Waals surface area contributed by atoms with Crippen molar-refractivity contribution in [3.05, 3.63) is 83.4 Å². The van der Waals surface area contributed by atoms with Crippen LogP contribution in [0.4, 0.5) is 4.39 Å². The maximum absolute atomic E-state index is 12.9. The van der Waals surface area contributed by atoms with E-state index >= 15 is 0 Å². The Kier molecular flexibility index (Phi) is 4.61. The molecule has 0 unspecified atom stereocenters. The molecular weight excluding hydrogens is 305 g/mol. The summed E-state index contributed by atoms with van der Waals surface area (Å²) in [4.78, 5) is 20.5. The quantitative estimate of drug-likeness (QED) is 0.800. The molecule has 0 aliphatic carbocycles. The molecule has 0 saturated carbocycles. The van der Waals surface area contributed by atoms with Crippen molar-refractivity contribution in [2.75, 3.05) is 0 Å². The van der Waals surface area contributed by atoms with Crippen molar-refractivity contribution < 1.29 is 9.18 Å². The SMILES string of the molecule is Cc1ccc(CNC(=O)c2cnc(-c3ccc(F)cc3)nc2)cc1. The second-order valence-corrected chi connectivity index (χ2v) is 5.47. The third kappa shape index (κ3) is 3.81. The van der Waals surface area contributed by atoms with Gasteiger partial charge >= 0.3 is 0 Å². The molecule has 0 radical (unpaired) electrons. The molecule has 1 heterocycles. The fraction of sp³-hybridized carbons (Fsp3) is 0.105. The van der Waals surface area contributed by atoms with E-state index in [0.717, 1.165) is 5.56 Å². The number of nitrogens with one attached hydrogen (secondary N) is 1. The number of benzene rings is 2. The van der Waals surface area contributed by atoms with Gasteiger partial charge < -0.3 is 5.32 Å². The lowest BCUT2D eigenvalue weighted by molar-refractivity contribution is 0.0950. The minimum absolute atomic E-state index is 0.235. The minimum Gasteiger partial charge on any atom is -0.348 e. The van der Waals surface area contributed by atoms with Crippen LogP contribution >= 0.6 is 0 Å². The van der Waals surface area contributed by atoms with E-state index in [2.05, 4.69) is 15.3 Å². The maximum atomic E-state index is 12.9. The first-order valence-electron chi connectivity index (χ1n) is 7.53. The molecular formula is C19H16FN3O. The van der Waals surface area contributed by atoms with Gasteiger partial charge in [0.2, 0.25) is 0 Å². The molecule has 24 heavy (non-hydrogen) atoms. The summed E-state index contributed by atoms with van der Waals surface area (Å²) in [7, 11) is 0. The van der Waals surface area contributed by atoms with E-state index in [1.54, 1.807) is 12.1 Å². The standard InChI is InChI=1S/C19H16FN3O/c1-13-2-4-14(5-3-13)10-23-19(24)16-11-21-18(22-12-16)15-6-8-17(20)9-7-15/h2-9,11-12H,10H2,1H3,(H,23,24). The summed E-state index contributed by atoms with van der Waals surface area (Å²) in [6.07, 6.45) is 2.94. The number of carbonyl (C=O) groups is 1. The summed E-state index contributed by atoms with van der Waals surface area (Å²) < 4.78 is 12.9. The van der Waals surface area contributed by atoms with Crippen molar-refractivity contribution in [2.24, 2.45) is 0 Å². The summed E-state index contributed by atoms with van der Waals surface area (Å²) in [6, 6.07) is 13.9. The summed E-state index contributed by atoms with van der Waals surface area (Å²) in [5, 5.41) is 2.83. The summed E-state index contributed by atoms with van der Waals surface area (Å²) in [6.45, 7) is 2.46. The van der Waals surface area contributed by atoms with Crippen molar-refractivity contribution in [3.63, 3.8) is 0 Å². The lowest BCUT2D eigenvalue weighted by Crippen LogP contribution is -2.23. The van der Waals surface area contributed by atoms with Gasteiger partial charge in [-0.05, 0) is 36.8 Å². The molecule has 4 nitrogen and oxygen atoms in total. The number of halogens is 1. The Labute approximate surface area is 139 Å². The Morgan fingerprint density at radius 2 is 1.62 bits per heavy atom. The zero-order chi connectivity index (χ0) is 16.9. The smallest absolute Gasteiger partial charge is 0.254 e. The largest absolute Gasteiger partial charge is 0.348 e. The average Bonchev–Trinajstić information content (AvgIpc) is 2.62. The molecule has 2 aromatic carbocycles. The molecule has 5 heteroatoms. The van der Waals surface area contributed by atoms with Crippen LogP contribution in [0.3, 0.4) is 0 Å². The van der Waals surface area contributed by atoms with Crippen LogP contribution in [0.1, 0.15) is 21.5 Å². The monoisotopic (exact) mass is 321 g/mol. The third-order valence-electron chi connectivity index (χ3n) is 3.59. The zero-order valence-electron chi connectivity index (χ0n) is 13.2. The second kappa shape index (κ2) is 7.00. The number of rotatable bonds is 4. The molecule has 0 atom stereocenters. The van der Waals surface area contributed by atoms with Crippen molar-refractivity contribution >= 4 is 5.91 Å². The average molecular weight is 321 g/mol. The number of aryl methyl sites for hydroxylation is 1. The number of aromatic nitrogens is 2. The first-order chi connectivity index (χ1) is 11.6. The van der Waals surface area contributed by atoms with Crippen molar-refractivity contribution in [1.29, 1.82) is 0 Å². The zero-order valence-corrected chi connectivity index (χ0v) is 13.2. The Hall–Kier alpha value is -3.08. The highest BCUT2D eigenvalue weighted by Gasteiger charge is 2.08. The third-order valence-corrected chi connectivity index (χ3v) is 3.59. The van der Waals surface area contributed by atoms with Crippen molar-refractivity contribution in [2.45, 2.75) is 13.5 Å². The van der Waals surface area contributed by atoms with Crippen LogP contribution in [-0.2, 0) is 6.54 Å². The van der Waals surface area contributed by atoms with Crippen LogP contribution in [0.2, 0.25) is 0 Å². The number of hydrogen-bond acceptors (Lipinski definition) is 3. The minimum atomic E-state index is -0.314. The molecule has 0 spiro atoms. The van der Waals surface area contributed by atoms with Gasteiger partial charge in [-0.3, -0.25) is 4.79 Å². The molecule has 0 saturated heterocycles. The highest BCUT2D eigenvalue weighted by Crippen LogP contribution is 2.14. The second-order valence-electron chi connectivity index (χ2n) is 5.47. The molecule has 1 N–H and O–H groups in total. The molecule has 0 aliphatic rings.